The van der Waals surface area contributed by atoms with Crippen LogP contribution in [-0.4, -0.2) is 79.1 Å². The summed E-state index contributed by atoms with van der Waals surface area (Å²) in [6, 6.07) is 14.5. The van der Waals surface area contributed by atoms with Crippen LogP contribution in [0.3, 0.4) is 0 Å². The molecule has 2 fully saturated rings. The van der Waals surface area contributed by atoms with Crippen LogP contribution in [0.15, 0.2) is 72.6 Å². The molecule has 57 heavy (non-hydrogen) atoms. The van der Waals surface area contributed by atoms with Gasteiger partial charge < -0.3 is 14.4 Å². The van der Waals surface area contributed by atoms with E-state index in [1.807, 2.05) is 41.0 Å². The Bertz CT molecular complexity index is 2360. The Kier molecular flexibility index (Phi) is 9.86. The van der Waals surface area contributed by atoms with Crippen molar-refractivity contribution in [3.63, 3.8) is 0 Å². The highest BCUT2D eigenvalue weighted by Crippen LogP contribution is 2.38. The van der Waals surface area contributed by atoms with Crippen LogP contribution in [-0.2, 0) is 40.4 Å². The highest BCUT2D eigenvalue weighted by atomic mass is 32.1. The maximum Gasteiger partial charge on any atom is 0.255 e. The number of pyridine rings is 1. The van der Waals surface area contributed by atoms with Gasteiger partial charge in [-0.05, 0) is 92.2 Å². The molecule has 3 aromatic heterocycles. The third-order valence-corrected chi connectivity index (χ3v) is 12.5. The second-order valence-electron chi connectivity index (χ2n) is 15.3. The van der Waals surface area contributed by atoms with E-state index < -0.39 is 29.6 Å². The maximum atomic E-state index is 15.9. The van der Waals surface area contributed by atoms with Crippen molar-refractivity contribution in [2.24, 2.45) is 0 Å². The number of anilines is 2. The van der Waals surface area contributed by atoms with Crippen LogP contribution >= 0.6 is 11.3 Å². The number of aromatic nitrogens is 4. The Morgan fingerprint density at radius 1 is 0.982 bits per heavy atom. The molecule has 4 aliphatic rings. The maximum absolute atomic E-state index is 15.9. The summed E-state index contributed by atoms with van der Waals surface area (Å²) in [5, 5.41) is 7.45. The van der Waals surface area contributed by atoms with Crippen molar-refractivity contribution < 1.29 is 23.6 Å². The number of hydrogen-bond acceptors (Lipinski definition) is 10. The predicted octanol–water partition coefficient (Wildman–Crippen LogP) is 5.44. The molecule has 2 saturated heterocycles. The molecule has 4 amide bonds. The van der Waals surface area contributed by atoms with E-state index in [2.05, 4.69) is 42.4 Å². The van der Waals surface area contributed by atoms with E-state index in [9.17, 15) is 19.2 Å². The number of thiazole rings is 1. The van der Waals surface area contributed by atoms with Crippen LogP contribution < -0.4 is 15.5 Å². The SMILES string of the molecule is CN(Cc1ccnc(C2CCC(=O)NC2=O)c1)C1CCN(c2ccc(-c3cc(F)c4c(c3)C(=O)N(C(C(=O)Nc3nccs3)c3ncn5c3CCC5)C4)cc2)CC1. The van der Waals surface area contributed by atoms with Crippen molar-refractivity contribution >= 4 is 45.8 Å². The van der Waals surface area contributed by atoms with E-state index in [4.69, 9.17) is 0 Å². The monoisotopic (exact) mass is 787 g/mol. The molecule has 15 heteroatoms. The van der Waals surface area contributed by atoms with Gasteiger partial charge >= 0.3 is 0 Å². The van der Waals surface area contributed by atoms with Gasteiger partial charge in [0.2, 0.25) is 11.8 Å². The lowest BCUT2D eigenvalue weighted by atomic mass is 9.93. The van der Waals surface area contributed by atoms with Gasteiger partial charge in [0.25, 0.3) is 11.8 Å². The fraction of sp³-hybridized carbons (Fsp3) is 0.357. The number of halogens is 1. The van der Waals surface area contributed by atoms with Gasteiger partial charge in [0.1, 0.15) is 5.82 Å². The molecule has 0 aliphatic carbocycles. The van der Waals surface area contributed by atoms with Crippen molar-refractivity contribution in [1.29, 1.82) is 0 Å². The first-order valence-corrected chi connectivity index (χ1v) is 20.3. The molecule has 9 rings (SSSR count). The summed E-state index contributed by atoms with van der Waals surface area (Å²) in [6.07, 6.45) is 9.48. The normalized spacial score (nSPS) is 18.9. The van der Waals surface area contributed by atoms with Gasteiger partial charge in [-0.25, -0.2) is 14.4 Å². The van der Waals surface area contributed by atoms with Crippen molar-refractivity contribution in [2.75, 3.05) is 30.4 Å². The van der Waals surface area contributed by atoms with Crippen LogP contribution in [0.1, 0.15) is 82.6 Å². The number of carbonyl (C=O) groups excluding carboxylic acids is 4. The fourth-order valence-corrected chi connectivity index (χ4v) is 9.30. The molecular formula is C42H42FN9O4S. The number of fused-ring (bicyclic) bond motifs is 2. The summed E-state index contributed by atoms with van der Waals surface area (Å²) in [6.45, 7) is 3.24. The van der Waals surface area contributed by atoms with Gasteiger partial charge in [-0.15, -0.1) is 11.3 Å². The summed E-state index contributed by atoms with van der Waals surface area (Å²) in [5.74, 6) is -2.24. The summed E-state index contributed by atoms with van der Waals surface area (Å²) in [7, 11) is 2.13. The highest BCUT2D eigenvalue weighted by Gasteiger charge is 2.42. The lowest BCUT2D eigenvalue weighted by Crippen LogP contribution is -2.43. The molecule has 2 N–H and O–H groups in total. The van der Waals surface area contributed by atoms with Crippen LogP contribution in [0.2, 0.25) is 0 Å². The summed E-state index contributed by atoms with van der Waals surface area (Å²) in [4.78, 5) is 71.3. The van der Waals surface area contributed by atoms with E-state index in [-0.39, 0.29) is 29.5 Å². The van der Waals surface area contributed by atoms with Gasteiger partial charge in [0.15, 0.2) is 11.2 Å². The van der Waals surface area contributed by atoms with E-state index in [0.29, 0.717) is 41.0 Å². The zero-order valence-corrected chi connectivity index (χ0v) is 32.3. The lowest BCUT2D eigenvalue weighted by Gasteiger charge is -2.38. The van der Waals surface area contributed by atoms with E-state index in [0.717, 1.165) is 74.4 Å². The zero-order valence-electron chi connectivity index (χ0n) is 31.5. The Morgan fingerprint density at radius 3 is 2.58 bits per heavy atom. The van der Waals surface area contributed by atoms with Crippen molar-refractivity contribution in [2.45, 2.75) is 76.2 Å². The smallest absolute Gasteiger partial charge is 0.255 e. The average Bonchev–Trinajstić information content (AvgIpc) is 4.03. The number of imide groups is 1. The molecule has 2 unspecified atom stereocenters. The predicted molar refractivity (Wildman–Crippen MR) is 212 cm³/mol. The standard InChI is InChI=1S/C42H42FN9O4S/c1-49(22-25-10-13-44-34(19-25)30-8-9-36(53)47-39(30)54)28-11-16-50(17-12-28)29-6-4-26(5-7-29)27-20-31-32(33(43)21-27)23-52(41(31)56)38(40(55)48-42-45-14-18-57-42)37-35-3-2-15-51(35)24-46-37/h4-7,10,13-14,18-21,24,28,30,38H,2-3,8-9,11-12,15-17,22-23H2,1H3,(H,45,48,55)(H,47,53,54). The molecule has 4 aliphatic heterocycles. The zero-order chi connectivity index (χ0) is 39.2. The number of imidazole rings is 1. The minimum Gasteiger partial charge on any atom is -0.371 e. The Morgan fingerprint density at radius 2 is 1.81 bits per heavy atom. The van der Waals surface area contributed by atoms with Gasteiger partial charge in [0, 0.05) is 78.9 Å². The molecule has 2 atom stereocenters. The van der Waals surface area contributed by atoms with E-state index in [1.165, 1.54) is 22.3 Å². The lowest BCUT2D eigenvalue weighted by molar-refractivity contribution is -0.134. The number of aryl methyl sites for hydroxylation is 1. The summed E-state index contributed by atoms with van der Waals surface area (Å²) in [5.41, 5.74) is 6.21. The van der Waals surface area contributed by atoms with Gasteiger partial charge in [-0.3, -0.25) is 39.7 Å². The minimum atomic E-state index is -1.04. The molecule has 0 spiro atoms. The number of benzene rings is 2. The first-order valence-electron chi connectivity index (χ1n) is 19.4. The van der Waals surface area contributed by atoms with E-state index >= 15 is 4.39 Å². The number of hydrogen-bond donors (Lipinski definition) is 2. The molecule has 5 aromatic rings. The fourth-order valence-electron chi connectivity index (χ4n) is 8.77. The van der Waals surface area contributed by atoms with Gasteiger partial charge in [-0.1, -0.05) is 12.1 Å². The molecule has 0 bridgehead atoms. The minimum absolute atomic E-state index is 0.0431. The molecule has 0 radical (unpaired) electrons. The molecular weight excluding hydrogens is 746 g/mol. The van der Waals surface area contributed by atoms with Crippen LogP contribution in [0, 0.1) is 5.82 Å². The Balaban J connectivity index is 0.856. The van der Waals surface area contributed by atoms with Crippen LogP contribution in [0.5, 0.6) is 0 Å². The molecule has 0 saturated carbocycles. The second kappa shape index (κ2) is 15.3. The highest BCUT2D eigenvalue weighted by molar-refractivity contribution is 7.13. The van der Waals surface area contributed by atoms with Crippen molar-refractivity contribution in [1.82, 2.24) is 34.6 Å². The third-order valence-electron chi connectivity index (χ3n) is 11.8. The quantitative estimate of drug-likeness (QED) is 0.177. The largest absolute Gasteiger partial charge is 0.371 e. The van der Waals surface area contributed by atoms with Gasteiger partial charge in [0.05, 0.1) is 30.2 Å². The Labute approximate surface area is 332 Å². The molecule has 7 heterocycles. The average molecular weight is 788 g/mol. The first kappa shape index (κ1) is 36.8. The number of nitrogens with zero attached hydrogens (tertiary/aromatic N) is 7. The molecule has 2 aromatic carbocycles. The number of amides is 4. The first-order chi connectivity index (χ1) is 27.7. The third kappa shape index (κ3) is 7.21. The summed E-state index contributed by atoms with van der Waals surface area (Å²) < 4.78 is 17.9. The van der Waals surface area contributed by atoms with Gasteiger partial charge in [-0.2, -0.15) is 0 Å². The second-order valence-corrected chi connectivity index (χ2v) is 16.2. The number of carbonyl (C=O) groups is 4. The van der Waals surface area contributed by atoms with Crippen molar-refractivity contribution in [3.05, 3.63) is 112 Å². The van der Waals surface area contributed by atoms with E-state index in [1.54, 1.807) is 30.2 Å². The molecule has 13 nitrogen and oxygen atoms in total. The Hall–Kier alpha value is -5.80. The van der Waals surface area contributed by atoms with Crippen molar-refractivity contribution in [3.8, 4) is 11.1 Å². The number of piperidine rings is 2. The van der Waals surface area contributed by atoms with Crippen LogP contribution in [0.25, 0.3) is 11.1 Å². The summed E-state index contributed by atoms with van der Waals surface area (Å²) >= 11 is 1.28. The van der Waals surface area contributed by atoms with Crippen LogP contribution in [0.4, 0.5) is 15.2 Å². The molecule has 292 valence electrons. The topological polar surface area (TPSA) is 146 Å². The number of rotatable bonds is 10. The number of nitrogens with one attached hydrogen (secondary N) is 2.